The zero-order valence-electron chi connectivity index (χ0n) is 11.9. The van der Waals surface area contributed by atoms with E-state index in [4.69, 9.17) is 15.6 Å². The molecule has 116 valence electrons. The molecule has 0 aliphatic carbocycles. The summed E-state index contributed by atoms with van der Waals surface area (Å²) in [5.41, 5.74) is 4.96. The lowest BCUT2D eigenvalue weighted by Crippen LogP contribution is -2.46. The van der Waals surface area contributed by atoms with Gasteiger partial charge in [0.05, 0.1) is 6.10 Å². The third kappa shape index (κ3) is 10.1. The summed E-state index contributed by atoms with van der Waals surface area (Å²) in [6.07, 6.45) is 1.66. The molecule has 0 heterocycles. The van der Waals surface area contributed by atoms with Gasteiger partial charge in [0.2, 0.25) is 5.91 Å². The van der Waals surface area contributed by atoms with Gasteiger partial charge >= 0.3 is 12.0 Å². The Hall–Kier alpha value is -1.83. The molecule has 0 aromatic carbocycles. The molecule has 0 saturated heterocycles. The van der Waals surface area contributed by atoms with Crippen LogP contribution in [0.3, 0.4) is 0 Å². The van der Waals surface area contributed by atoms with E-state index in [0.29, 0.717) is 19.6 Å². The molecule has 0 radical (unpaired) electrons. The van der Waals surface area contributed by atoms with E-state index >= 15 is 0 Å². The molecule has 4 N–H and O–H groups in total. The van der Waals surface area contributed by atoms with Gasteiger partial charge in [-0.1, -0.05) is 0 Å². The quantitative estimate of drug-likeness (QED) is 0.480. The molecule has 20 heavy (non-hydrogen) atoms. The van der Waals surface area contributed by atoms with Crippen LogP contribution in [-0.2, 0) is 14.3 Å². The number of nitrogens with two attached hydrogens (primary N) is 1. The third-order valence-corrected chi connectivity index (χ3v) is 2.26. The fraction of sp³-hybridized carbons (Fsp3) is 0.750. The first-order valence-corrected chi connectivity index (χ1v) is 6.47. The maximum Gasteiger partial charge on any atom is 0.323 e. The number of rotatable bonds is 10. The molecular formula is C12H23N3O5. The van der Waals surface area contributed by atoms with Gasteiger partial charge in [0, 0.05) is 13.2 Å². The van der Waals surface area contributed by atoms with Gasteiger partial charge in [0.25, 0.3) is 0 Å². The predicted molar refractivity (Wildman–Crippen MR) is 72.1 cm³/mol. The summed E-state index contributed by atoms with van der Waals surface area (Å²) in [6, 6.07) is -0.615. The fourth-order valence-electron chi connectivity index (χ4n) is 1.40. The van der Waals surface area contributed by atoms with Gasteiger partial charge in [-0.2, -0.15) is 0 Å². The predicted octanol–water partition coefficient (Wildman–Crippen LogP) is -0.227. The number of primary amides is 1. The van der Waals surface area contributed by atoms with Gasteiger partial charge in [-0.25, -0.2) is 4.79 Å². The van der Waals surface area contributed by atoms with E-state index in [9.17, 15) is 14.4 Å². The molecule has 0 aliphatic rings. The second-order valence-corrected chi connectivity index (χ2v) is 4.57. The lowest BCUT2D eigenvalue weighted by atomic mass is 10.3. The van der Waals surface area contributed by atoms with Crippen LogP contribution in [0.5, 0.6) is 0 Å². The Morgan fingerprint density at radius 1 is 1.25 bits per heavy atom. The molecule has 0 aromatic rings. The number of nitrogens with zero attached hydrogens (tertiary/aromatic N) is 1. The van der Waals surface area contributed by atoms with Crippen LogP contribution in [0.25, 0.3) is 0 Å². The molecule has 0 aliphatic heterocycles. The Morgan fingerprint density at radius 3 is 2.40 bits per heavy atom. The standard InChI is InChI=1S/C12H23N3O5/c1-9(2)20-6-4-3-5-14-12(19)15(7-10(13)16)8-11(17)18/h9H,3-8H2,1-2H3,(H2,13,16)(H,14,19)(H,17,18). The van der Waals surface area contributed by atoms with Gasteiger partial charge in [-0.15, -0.1) is 0 Å². The third-order valence-electron chi connectivity index (χ3n) is 2.26. The molecule has 0 atom stereocenters. The van der Waals surface area contributed by atoms with Gasteiger partial charge in [0.15, 0.2) is 0 Å². The topological polar surface area (TPSA) is 122 Å². The molecule has 0 rings (SSSR count). The number of ether oxygens (including phenoxy) is 1. The van der Waals surface area contributed by atoms with Crippen molar-refractivity contribution in [2.24, 2.45) is 5.73 Å². The average Bonchev–Trinajstić information content (AvgIpc) is 2.30. The summed E-state index contributed by atoms with van der Waals surface area (Å²) in [4.78, 5) is 33.9. The van der Waals surface area contributed by atoms with E-state index in [-0.39, 0.29) is 6.10 Å². The highest BCUT2D eigenvalue weighted by Crippen LogP contribution is 1.95. The molecule has 0 saturated carbocycles. The Morgan fingerprint density at radius 2 is 1.90 bits per heavy atom. The first-order chi connectivity index (χ1) is 9.32. The number of urea groups is 1. The smallest absolute Gasteiger partial charge is 0.323 e. The lowest BCUT2D eigenvalue weighted by Gasteiger charge is -2.19. The van der Waals surface area contributed by atoms with Crippen molar-refractivity contribution in [2.45, 2.75) is 32.8 Å². The Balaban J connectivity index is 3.94. The SMILES string of the molecule is CC(C)OCCCCNC(=O)N(CC(N)=O)CC(=O)O. The number of hydrogen-bond donors (Lipinski definition) is 3. The summed E-state index contributed by atoms with van der Waals surface area (Å²) >= 11 is 0. The maximum absolute atomic E-state index is 11.7. The molecule has 8 heteroatoms. The second kappa shape index (κ2) is 10.0. The van der Waals surface area contributed by atoms with Crippen molar-refractivity contribution in [3.8, 4) is 0 Å². The number of nitrogens with one attached hydrogen (secondary N) is 1. The summed E-state index contributed by atoms with van der Waals surface area (Å²) in [5, 5.41) is 11.2. The summed E-state index contributed by atoms with van der Waals surface area (Å²) < 4.78 is 5.34. The van der Waals surface area contributed by atoms with Crippen molar-refractivity contribution in [1.29, 1.82) is 0 Å². The van der Waals surface area contributed by atoms with Crippen molar-refractivity contribution in [2.75, 3.05) is 26.2 Å². The number of carbonyl (C=O) groups is 3. The average molecular weight is 289 g/mol. The highest BCUT2D eigenvalue weighted by molar-refractivity contribution is 5.85. The highest BCUT2D eigenvalue weighted by Gasteiger charge is 2.18. The Bertz CT molecular complexity index is 317. The summed E-state index contributed by atoms with van der Waals surface area (Å²) in [6.45, 7) is 3.88. The zero-order valence-corrected chi connectivity index (χ0v) is 11.9. The van der Waals surface area contributed by atoms with Crippen molar-refractivity contribution in [3.05, 3.63) is 0 Å². The molecule has 0 unspecified atom stereocenters. The van der Waals surface area contributed by atoms with Crippen LogP contribution in [0, 0.1) is 0 Å². The molecule has 0 bridgehead atoms. The van der Waals surface area contributed by atoms with Crippen molar-refractivity contribution in [1.82, 2.24) is 10.2 Å². The van der Waals surface area contributed by atoms with E-state index in [1.807, 2.05) is 13.8 Å². The lowest BCUT2D eigenvalue weighted by molar-refractivity contribution is -0.137. The first kappa shape index (κ1) is 18.2. The number of carboxylic acid groups (broad SMARTS) is 1. The zero-order chi connectivity index (χ0) is 15.5. The minimum atomic E-state index is -1.20. The molecule has 0 fully saturated rings. The highest BCUT2D eigenvalue weighted by atomic mass is 16.5. The van der Waals surface area contributed by atoms with Gasteiger partial charge in [-0.3, -0.25) is 9.59 Å². The van der Waals surface area contributed by atoms with Crippen molar-refractivity contribution >= 4 is 17.9 Å². The molecular weight excluding hydrogens is 266 g/mol. The van der Waals surface area contributed by atoms with E-state index in [2.05, 4.69) is 5.32 Å². The Labute approximate surface area is 118 Å². The monoisotopic (exact) mass is 289 g/mol. The largest absolute Gasteiger partial charge is 0.480 e. The van der Waals surface area contributed by atoms with Gasteiger partial charge in [-0.05, 0) is 26.7 Å². The molecule has 8 nitrogen and oxygen atoms in total. The van der Waals surface area contributed by atoms with E-state index in [1.165, 1.54) is 0 Å². The van der Waals surface area contributed by atoms with Crippen molar-refractivity contribution < 1.29 is 24.2 Å². The molecule has 0 spiro atoms. The summed E-state index contributed by atoms with van der Waals surface area (Å²) in [5.74, 6) is -1.96. The van der Waals surface area contributed by atoms with E-state index in [0.717, 1.165) is 11.3 Å². The van der Waals surface area contributed by atoms with Crippen LogP contribution >= 0.6 is 0 Å². The van der Waals surface area contributed by atoms with Gasteiger partial charge in [0.1, 0.15) is 13.1 Å². The van der Waals surface area contributed by atoms with E-state index in [1.54, 1.807) is 0 Å². The maximum atomic E-state index is 11.7. The second-order valence-electron chi connectivity index (χ2n) is 4.57. The molecule has 3 amide bonds. The van der Waals surface area contributed by atoms with Crippen LogP contribution in [0.15, 0.2) is 0 Å². The minimum Gasteiger partial charge on any atom is -0.480 e. The number of carbonyl (C=O) groups excluding carboxylic acids is 2. The molecule has 0 aromatic heterocycles. The van der Waals surface area contributed by atoms with E-state index < -0.39 is 31.0 Å². The van der Waals surface area contributed by atoms with Crippen LogP contribution in [0.4, 0.5) is 4.79 Å². The van der Waals surface area contributed by atoms with Crippen LogP contribution < -0.4 is 11.1 Å². The minimum absolute atomic E-state index is 0.172. The number of unbranched alkanes of at least 4 members (excludes halogenated alkanes) is 1. The number of hydrogen-bond acceptors (Lipinski definition) is 4. The normalized spacial score (nSPS) is 10.3. The van der Waals surface area contributed by atoms with Crippen molar-refractivity contribution in [3.63, 3.8) is 0 Å². The number of aliphatic carboxylic acids is 1. The number of amides is 3. The van der Waals surface area contributed by atoms with Crippen LogP contribution in [0.2, 0.25) is 0 Å². The number of carboxylic acids is 1. The van der Waals surface area contributed by atoms with Crippen LogP contribution in [-0.4, -0.2) is 60.3 Å². The Kier molecular flexibility index (Phi) is 9.10. The van der Waals surface area contributed by atoms with Gasteiger partial charge < -0.3 is 25.8 Å². The van der Waals surface area contributed by atoms with Crippen LogP contribution in [0.1, 0.15) is 26.7 Å². The first-order valence-electron chi connectivity index (χ1n) is 6.47. The fourth-order valence-corrected chi connectivity index (χ4v) is 1.40. The summed E-state index contributed by atoms with van der Waals surface area (Å²) in [7, 11) is 0.